The van der Waals surface area contributed by atoms with Gasteiger partial charge in [-0.25, -0.2) is 9.97 Å². The van der Waals surface area contributed by atoms with Crippen molar-refractivity contribution in [3.63, 3.8) is 0 Å². The summed E-state index contributed by atoms with van der Waals surface area (Å²) in [5, 5.41) is 0. The van der Waals surface area contributed by atoms with Crippen LogP contribution in [0.4, 0.5) is 5.82 Å². The van der Waals surface area contributed by atoms with Crippen molar-refractivity contribution in [2.75, 3.05) is 24.6 Å². The van der Waals surface area contributed by atoms with Crippen LogP contribution in [-0.4, -0.2) is 34.6 Å². The van der Waals surface area contributed by atoms with Gasteiger partial charge in [0.05, 0.1) is 19.4 Å². The van der Waals surface area contributed by atoms with Crippen molar-refractivity contribution in [1.29, 1.82) is 0 Å². The van der Waals surface area contributed by atoms with Gasteiger partial charge in [-0.05, 0) is 30.7 Å². The molecule has 0 saturated carbocycles. The average Bonchev–Trinajstić information content (AvgIpc) is 3.23. The van der Waals surface area contributed by atoms with Crippen molar-refractivity contribution >= 4 is 5.82 Å². The van der Waals surface area contributed by atoms with Gasteiger partial charge in [0, 0.05) is 36.3 Å². The largest absolute Gasteiger partial charge is 0.467 e. The minimum absolute atomic E-state index is 0.0758. The predicted octanol–water partition coefficient (Wildman–Crippen LogP) is 3.27. The fraction of sp³-hybridized carbons (Fsp3) is 0.316. The van der Waals surface area contributed by atoms with Crippen LogP contribution < -0.4 is 4.90 Å². The Morgan fingerprint density at radius 3 is 2.84 bits per heavy atom. The standard InChI is InChI=1S/C19H20N4O2/c1-2-15-12-18(22-19(21-15)14-5-7-20-8-6-14)23-9-11-25-17(13-23)16-4-3-10-24-16/h3-8,10,12,17H,2,9,11,13H2,1H3. The van der Waals surface area contributed by atoms with Crippen molar-refractivity contribution in [3.8, 4) is 11.4 Å². The first-order valence-electron chi connectivity index (χ1n) is 8.52. The van der Waals surface area contributed by atoms with E-state index in [4.69, 9.17) is 14.1 Å². The van der Waals surface area contributed by atoms with Crippen molar-refractivity contribution in [1.82, 2.24) is 15.0 Å². The molecular formula is C19H20N4O2. The van der Waals surface area contributed by atoms with Crippen LogP contribution in [0.5, 0.6) is 0 Å². The molecule has 3 aromatic heterocycles. The molecule has 25 heavy (non-hydrogen) atoms. The third kappa shape index (κ3) is 3.39. The summed E-state index contributed by atoms with van der Waals surface area (Å²) in [5.41, 5.74) is 2.00. The summed E-state index contributed by atoms with van der Waals surface area (Å²) in [7, 11) is 0. The van der Waals surface area contributed by atoms with Crippen LogP contribution in [0.3, 0.4) is 0 Å². The van der Waals surface area contributed by atoms with Crippen LogP contribution >= 0.6 is 0 Å². The number of hydrogen-bond acceptors (Lipinski definition) is 6. The molecule has 4 rings (SSSR count). The molecule has 6 nitrogen and oxygen atoms in total. The maximum Gasteiger partial charge on any atom is 0.161 e. The maximum absolute atomic E-state index is 5.86. The second kappa shape index (κ2) is 7.03. The molecule has 128 valence electrons. The Bertz CT molecular complexity index is 821. The predicted molar refractivity (Wildman–Crippen MR) is 94.3 cm³/mol. The van der Waals surface area contributed by atoms with E-state index in [1.54, 1.807) is 18.7 Å². The minimum Gasteiger partial charge on any atom is -0.467 e. The van der Waals surface area contributed by atoms with Crippen LogP contribution in [0, 0.1) is 0 Å². The van der Waals surface area contributed by atoms with Gasteiger partial charge in [-0.3, -0.25) is 4.98 Å². The Balaban J connectivity index is 1.65. The lowest BCUT2D eigenvalue weighted by Gasteiger charge is -2.33. The number of hydrogen-bond donors (Lipinski definition) is 0. The van der Waals surface area contributed by atoms with E-state index in [0.717, 1.165) is 41.6 Å². The maximum atomic E-state index is 5.86. The van der Waals surface area contributed by atoms with Crippen LogP contribution in [0.25, 0.3) is 11.4 Å². The van der Waals surface area contributed by atoms with Gasteiger partial charge in [0.2, 0.25) is 0 Å². The van der Waals surface area contributed by atoms with E-state index in [0.29, 0.717) is 13.2 Å². The average molecular weight is 336 g/mol. The lowest BCUT2D eigenvalue weighted by Crippen LogP contribution is -2.39. The fourth-order valence-corrected chi connectivity index (χ4v) is 2.96. The highest BCUT2D eigenvalue weighted by molar-refractivity contribution is 5.57. The Hall–Kier alpha value is -2.73. The Labute approximate surface area is 146 Å². The first-order chi connectivity index (χ1) is 12.3. The number of furan rings is 1. The lowest BCUT2D eigenvalue weighted by atomic mass is 10.2. The van der Waals surface area contributed by atoms with E-state index in [1.807, 2.05) is 24.3 Å². The molecule has 0 N–H and O–H groups in total. The van der Waals surface area contributed by atoms with E-state index in [1.165, 1.54) is 0 Å². The van der Waals surface area contributed by atoms with E-state index in [9.17, 15) is 0 Å². The molecule has 0 radical (unpaired) electrons. The van der Waals surface area contributed by atoms with E-state index in [2.05, 4.69) is 27.9 Å². The molecule has 1 aliphatic rings. The minimum atomic E-state index is -0.0758. The van der Waals surface area contributed by atoms with Gasteiger partial charge in [0.1, 0.15) is 17.7 Å². The van der Waals surface area contributed by atoms with Crippen molar-refractivity contribution in [3.05, 3.63) is 60.4 Å². The van der Waals surface area contributed by atoms with Crippen LogP contribution in [0.15, 0.2) is 53.4 Å². The van der Waals surface area contributed by atoms with Gasteiger partial charge in [-0.1, -0.05) is 6.92 Å². The third-order valence-corrected chi connectivity index (χ3v) is 4.32. The third-order valence-electron chi connectivity index (χ3n) is 4.32. The first kappa shape index (κ1) is 15.8. The van der Waals surface area contributed by atoms with Gasteiger partial charge in [0.15, 0.2) is 5.82 Å². The molecule has 0 spiro atoms. The highest BCUT2D eigenvalue weighted by Gasteiger charge is 2.25. The topological polar surface area (TPSA) is 64.3 Å². The quantitative estimate of drug-likeness (QED) is 0.728. The highest BCUT2D eigenvalue weighted by atomic mass is 16.5. The molecule has 1 unspecified atom stereocenters. The number of nitrogens with zero attached hydrogens (tertiary/aromatic N) is 4. The molecule has 0 aliphatic carbocycles. The Morgan fingerprint density at radius 1 is 1.20 bits per heavy atom. The summed E-state index contributed by atoms with van der Waals surface area (Å²) >= 11 is 0. The smallest absolute Gasteiger partial charge is 0.161 e. The second-order valence-electron chi connectivity index (χ2n) is 5.95. The van der Waals surface area contributed by atoms with E-state index < -0.39 is 0 Å². The molecule has 1 fully saturated rings. The fourth-order valence-electron chi connectivity index (χ4n) is 2.96. The number of ether oxygens (including phenoxy) is 1. The molecule has 1 atom stereocenters. The summed E-state index contributed by atoms with van der Waals surface area (Å²) < 4.78 is 11.4. The van der Waals surface area contributed by atoms with Crippen molar-refractivity contribution in [2.24, 2.45) is 0 Å². The number of anilines is 1. The normalized spacial score (nSPS) is 17.6. The summed E-state index contributed by atoms with van der Waals surface area (Å²) in [6.07, 6.45) is 5.99. The van der Waals surface area contributed by atoms with Crippen LogP contribution in [-0.2, 0) is 11.2 Å². The molecule has 3 aromatic rings. The Morgan fingerprint density at radius 2 is 2.08 bits per heavy atom. The van der Waals surface area contributed by atoms with Crippen molar-refractivity contribution < 1.29 is 9.15 Å². The van der Waals surface area contributed by atoms with E-state index >= 15 is 0 Å². The van der Waals surface area contributed by atoms with Crippen molar-refractivity contribution in [2.45, 2.75) is 19.4 Å². The highest BCUT2D eigenvalue weighted by Crippen LogP contribution is 2.27. The van der Waals surface area contributed by atoms with Crippen LogP contribution in [0.2, 0.25) is 0 Å². The van der Waals surface area contributed by atoms with Crippen LogP contribution in [0.1, 0.15) is 24.5 Å². The number of aryl methyl sites for hydroxylation is 1. The summed E-state index contributed by atoms with van der Waals surface area (Å²) in [6, 6.07) is 9.77. The second-order valence-corrected chi connectivity index (χ2v) is 5.95. The monoisotopic (exact) mass is 336 g/mol. The number of morpholine rings is 1. The molecule has 0 bridgehead atoms. The number of rotatable bonds is 4. The molecule has 0 aromatic carbocycles. The zero-order chi connectivity index (χ0) is 17.1. The molecular weight excluding hydrogens is 316 g/mol. The van der Waals surface area contributed by atoms with Gasteiger partial charge in [0.25, 0.3) is 0 Å². The molecule has 1 saturated heterocycles. The zero-order valence-electron chi connectivity index (χ0n) is 14.1. The molecule has 0 amide bonds. The summed E-state index contributed by atoms with van der Waals surface area (Å²) in [6.45, 7) is 4.26. The number of aromatic nitrogens is 3. The number of pyridine rings is 1. The van der Waals surface area contributed by atoms with Gasteiger partial charge < -0.3 is 14.1 Å². The molecule has 4 heterocycles. The summed E-state index contributed by atoms with van der Waals surface area (Å²) in [5.74, 6) is 2.51. The SMILES string of the molecule is CCc1cc(N2CCOC(c3ccco3)C2)nc(-c2ccncc2)n1. The Kier molecular flexibility index (Phi) is 4.43. The zero-order valence-corrected chi connectivity index (χ0v) is 14.1. The molecule has 6 heteroatoms. The van der Waals surface area contributed by atoms with Gasteiger partial charge in [-0.2, -0.15) is 0 Å². The van der Waals surface area contributed by atoms with E-state index in [-0.39, 0.29) is 6.10 Å². The van der Waals surface area contributed by atoms with Gasteiger partial charge >= 0.3 is 0 Å². The summed E-state index contributed by atoms with van der Waals surface area (Å²) in [4.78, 5) is 15.8. The first-order valence-corrected chi connectivity index (χ1v) is 8.52. The lowest BCUT2D eigenvalue weighted by molar-refractivity contribution is 0.0255. The van der Waals surface area contributed by atoms with Gasteiger partial charge in [-0.15, -0.1) is 0 Å². The molecule has 1 aliphatic heterocycles.